The molecule has 1 aromatic rings. The van der Waals surface area contributed by atoms with Crippen LogP contribution in [0.25, 0.3) is 0 Å². The Bertz CT molecular complexity index is 483. The number of hydrogen-bond donors (Lipinski definition) is 1. The highest BCUT2D eigenvalue weighted by Crippen LogP contribution is 2.32. The first-order chi connectivity index (χ1) is 8.99. The van der Waals surface area contributed by atoms with Crippen LogP contribution in [0.15, 0.2) is 12.1 Å². The molecule has 0 aliphatic carbocycles. The van der Waals surface area contributed by atoms with Crippen molar-refractivity contribution >= 4 is 17.3 Å². The van der Waals surface area contributed by atoms with E-state index in [4.69, 9.17) is 5.73 Å². The van der Waals surface area contributed by atoms with Crippen LogP contribution in [-0.2, 0) is 11.2 Å². The summed E-state index contributed by atoms with van der Waals surface area (Å²) >= 11 is 0. The lowest BCUT2D eigenvalue weighted by atomic mass is 10.1. The lowest BCUT2D eigenvalue weighted by molar-refractivity contribution is -0.128. The van der Waals surface area contributed by atoms with Gasteiger partial charge < -0.3 is 15.5 Å². The summed E-state index contributed by atoms with van der Waals surface area (Å²) in [6, 6.07) is 4.26. The van der Waals surface area contributed by atoms with Crippen LogP contribution < -0.4 is 10.6 Å². The van der Waals surface area contributed by atoms with Crippen LogP contribution in [0.4, 0.5) is 11.4 Å². The molecule has 0 radical (unpaired) electrons. The van der Waals surface area contributed by atoms with Crippen LogP contribution in [0, 0.1) is 6.92 Å². The predicted molar refractivity (Wildman–Crippen MR) is 79.4 cm³/mol. The van der Waals surface area contributed by atoms with Crippen LogP contribution in [-0.4, -0.2) is 38.0 Å². The molecule has 104 valence electrons. The second kappa shape index (κ2) is 5.51. The lowest BCUT2D eigenvalue weighted by Crippen LogP contribution is -2.25. The Balaban J connectivity index is 1.95. The highest BCUT2D eigenvalue weighted by Gasteiger charge is 2.20. The van der Waals surface area contributed by atoms with Crippen molar-refractivity contribution in [3.63, 3.8) is 0 Å². The van der Waals surface area contributed by atoms with Gasteiger partial charge in [0, 0.05) is 45.0 Å². The first-order valence-corrected chi connectivity index (χ1v) is 6.83. The van der Waals surface area contributed by atoms with E-state index in [0.29, 0.717) is 6.42 Å². The van der Waals surface area contributed by atoms with Crippen LogP contribution >= 0.6 is 0 Å². The van der Waals surface area contributed by atoms with Gasteiger partial charge in [0.25, 0.3) is 0 Å². The Kier molecular flexibility index (Phi) is 3.98. The van der Waals surface area contributed by atoms with Crippen molar-refractivity contribution in [1.29, 1.82) is 0 Å². The minimum Gasteiger partial charge on any atom is -0.398 e. The normalized spacial score (nSPS) is 13.5. The standard InChI is InChI=1S/C15H23N3O/c1-11-9-12-6-8-18(14(12)10-13(11)16)7-4-5-15(19)17(2)3/h9-10H,4-8,16H2,1-3H3. The Morgan fingerprint density at radius 2 is 2.16 bits per heavy atom. The van der Waals surface area contributed by atoms with Crippen molar-refractivity contribution in [2.75, 3.05) is 37.8 Å². The molecule has 0 spiro atoms. The third-order valence-electron chi connectivity index (χ3n) is 3.78. The fourth-order valence-electron chi connectivity index (χ4n) is 2.52. The third-order valence-corrected chi connectivity index (χ3v) is 3.78. The molecular formula is C15H23N3O. The highest BCUT2D eigenvalue weighted by molar-refractivity contribution is 5.75. The number of hydrogen-bond acceptors (Lipinski definition) is 3. The molecule has 1 aliphatic rings. The maximum Gasteiger partial charge on any atom is 0.222 e. The summed E-state index contributed by atoms with van der Waals surface area (Å²) in [5, 5.41) is 0. The van der Waals surface area contributed by atoms with Gasteiger partial charge in [0.05, 0.1) is 0 Å². The fraction of sp³-hybridized carbons (Fsp3) is 0.533. The van der Waals surface area contributed by atoms with Crippen molar-refractivity contribution < 1.29 is 4.79 Å². The van der Waals surface area contributed by atoms with Crippen molar-refractivity contribution in [1.82, 2.24) is 4.90 Å². The Labute approximate surface area is 115 Å². The maximum absolute atomic E-state index is 11.5. The summed E-state index contributed by atoms with van der Waals surface area (Å²) < 4.78 is 0. The molecule has 4 nitrogen and oxygen atoms in total. The van der Waals surface area contributed by atoms with Gasteiger partial charge >= 0.3 is 0 Å². The molecule has 0 saturated carbocycles. The van der Waals surface area contributed by atoms with Gasteiger partial charge in [0.1, 0.15) is 0 Å². The first kappa shape index (κ1) is 13.7. The van der Waals surface area contributed by atoms with Gasteiger partial charge in [-0.05, 0) is 37.0 Å². The number of aryl methyl sites for hydroxylation is 1. The van der Waals surface area contributed by atoms with Gasteiger partial charge in [-0.15, -0.1) is 0 Å². The van der Waals surface area contributed by atoms with E-state index in [9.17, 15) is 4.79 Å². The van der Waals surface area contributed by atoms with Gasteiger partial charge in [0.15, 0.2) is 0 Å². The largest absolute Gasteiger partial charge is 0.398 e. The van der Waals surface area contributed by atoms with E-state index in [1.165, 1.54) is 11.3 Å². The number of nitrogen functional groups attached to an aromatic ring is 1. The summed E-state index contributed by atoms with van der Waals surface area (Å²) in [6.07, 6.45) is 2.59. The second-order valence-electron chi connectivity index (χ2n) is 5.47. The number of amides is 1. The SMILES string of the molecule is Cc1cc2c(cc1N)N(CCCC(=O)N(C)C)CC2. The molecule has 0 saturated heterocycles. The molecule has 2 N–H and O–H groups in total. The molecule has 0 unspecified atom stereocenters. The van der Waals surface area contributed by atoms with Crippen molar-refractivity contribution in [2.24, 2.45) is 0 Å². The number of fused-ring (bicyclic) bond motifs is 1. The molecule has 1 aliphatic heterocycles. The quantitative estimate of drug-likeness (QED) is 0.841. The van der Waals surface area contributed by atoms with Gasteiger partial charge in [-0.1, -0.05) is 6.07 Å². The summed E-state index contributed by atoms with van der Waals surface area (Å²) in [7, 11) is 3.61. The molecule has 0 bridgehead atoms. The summed E-state index contributed by atoms with van der Waals surface area (Å²) in [4.78, 5) is 15.5. The van der Waals surface area contributed by atoms with Crippen LogP contribution in [0.2, 0.25) is 0 Å². The number of nitrogens with two attached hydrogens (primary N) is 1. The molecule has 19 heavy (non-hydrogen) atoms. The summed E-state index contributed by atoms with van der Waals surface area (Å²) in [5.74, 6) is 0.197. The smallest absolute Gasteiger partial charge is 0.222 e. The second-order valence-corrected chi connectivity index (χ2v) is 5.47. The van der Waals surface area contributed by atoms with Crippen LogP contribution in [0.3, 0.4) is 0 Å². The van der Waals surface area contributed by atoms with E-state index in [-0.39, 0.29) is 5.91 Å². The number of benzene rings is 1. The first-order valence-electron chi connectivity index (χ1n) is 6.83. The number of carbonyl (C=O) groups is 1. The molecule has 0 aromatic heterocycles. The molecule has 2 rings (SSSR count). The van der Waals surface area contributed by atoms with E-state index >= 15 is 0 Å². The third kappa shape index (κ3) is 3.00. The van der Waals surface area contributed by atoms with Crippen molar-refractivity contribution in [3.8, 4) is 0 Å². The molecule has 4 heteroatoms. The summed E-state index contributed by atoms with van der Waals surface area (Å²) in [5.41, 5.74) is 10.6. The van der Waals surface area contributed by atoms with Gasteiger partial charge in [-0.25, -0.2) is 0 Å². The van der Waals surface area contributed by atoms with Crippen molar-refractivity contribution in [2.45, 2.75) is 26.2 Å². The minimum atomic E-state index is 0.197. The van der Waals surface area contributed by atoms with E-state index in [1.807, 2.05) is 6.92 Å². The molecular weight excluding hydrogens is 238 g/mol. The highest BCUT2D eigenvalue weighted by atomic mass is 16.2. The van der Waals surface area contributed by atoms with E-state index in [1.54, 1.807) is 19.0 Å². The van der Waals surface area contributed by atoms with Crippen molar-refractivity contribution in [3.05, 3.63) is 23.3 Å². The lowest BCUT2D eigenvalue weighted by Gasteiger charge is -2.20. The minimum absolute atomic E-state index is 0.197. The number of nitrogens with zero attached hydrogens (tertiary/aromatic N) is 2. The molecule has 0 atom stereocenters. The predicted octanol–water partition coefficient (Wildman–Crippen LogP) is 1.81. The zero-order chi connectivity index (χ0) is 14.0. The molecule has 1 amide bonds. The van der Waals surface area contributed by atoms with Crippen LogP contribution in [0.5, 0.6) is 0 Å². The monoisotopic (exact) mass is 261 g/mol. The number of rotatable bonds is 4. The topological polar surface area (TPSA) is 49.6 Å². The average molecular weight is 261 g/mol. The molecule has 1 heterocycles. The average Bonchev–Trinajstić information content (AvgIpc) is 2.72. The zero-order valence-electron chi connectivity index (χ0n) is 12.1. The fourth-order valence-corrected chi connectivity index (χ4v) is 2.52. The number of anilines is 2. The van der Waals surface area contributed by atoms with E-state index in [2.05, 4.69) is 17.0 Å². The maximum atomic E-state index is 11.5. The van der Waals surface area contributed by atoms with E-state index in [0.717, 1.165) is 37.2 Å². The van der Waals surface area contributed by atoms with E-state index < -0.39 is 0 Å². The van der Waals surface area contributed by atoms with Gasteiger partial charge in [0.2, 0.25) is 5.91 Å². The molecule has 0 fully saturated rings. The Morgan fingerprint density at radius 3 is 2.84 bits per heavy atom. The Morgan fingerprint density at radius 1 is 1.42 bits per heavy atom. The Hall–Kier alpha value is -1.71. The number of carbonyl (C=O) groups excluding carboxylic acids is 1. The van der Waals surface area contributed by atoms with Gasteiger partial charge in [-0.2, -0.15) is 0 Å². The molecule has 1 aromatic carbocycles. The zero-order valence-corrected chi connectivity index (χ0v) is 12.1. The van der Waals surface area contributed by atoms with Crippen LogP contribution in [0.1, 0.15) is 24.0 Å². The van der Waals surface area contributed by atoms with Gasteiger partial charge in [-0.3, -0.25) is 4.79 Å². The summed E-state index contributed by atoms with van der Waals surface area (Å²) in [6.45, 7) is 4.01.